The van der Waals surface area contributed by atoms with Crippen LogP contribution in [0, 0.1) is 25.1 Å². The summed E-state index contributed by atoms with van der Waals surface area (Å²) in [5.41, 5.74) is 1.14. The molecule has 0 saturated heterocycles. The first kappa shape index (κ1) is 13.0. The fraction of sp³-hybridized carbons (Fsp3) is 0.308. The van der Waals surface area contributed by atoms with Crippen molar-refractivity contribution in [3.8, 4) is 12.3 Å². The minimum atomic E-state index is -0.541. The number of hydrogen-bond donors (Lipinski definition) is 2. The predicted octanol–water partition coefficient (Wildman–Crippen LogP) is 1.68. The van der Waals surface area contributed by atoms with Gasteiger partial charge in [-0.05, 0) is 31.5 Å². The van der Waals surface area contributed by atoms with Crippen molar-refractivity contribution in [2.24, 2.45) is 0 Å². The number of nitrogens with one attached hydrogen (secondary N) is 2. The summed E-state index contributed by atoms with van der Waals surface area (Å²) in [5, 5.41) is 5.31. The van der Waals surface area contributed by atoms with Crippen LogP contribution in [-0.2, 0) is 4.79 Å². The van der Waals surface area contributed by atoms with Crippen LogP contribution in [-0.4, -0.2) is 18.5 Å². The van der Waals surface area contributed by atoms with E-state index < -0.39 is 6.04 Å². The van der Waals surface area contributed by atoms with Crippen LogP contribution in [0.2, 0.25) is 0 Å². The molecule has 0 fully saturated rings. The molecule has 0 aliphatic heterocycles. The number of benzene rings is 1. The van der Waals surface area contributed by atoms with Crippen LogP contribution in [0.15, 0.2) is 18.2 Å². The van der Waals surface area contributed by atoms with Crippen LogP contribution in [0.25, 0.3) is 0 Å². The molecule has 0 aliphatic carbocycles. The van der Waals surface area contributed by atoms with Crippen LogP contribution in [0.5, 0.6) is 0 Å². The lowest BCUT2D eigenvalue weighted by molar-refractivity contribution is -0.121. The molecule has 1 aromatic carbocycles. The summed E-state index contributed by atoms with van der Waals surface area (Å²) >= 11 is 0. The summed E-state index contributed by atoms with van der Waals surface area (Å²) in [5.74, 6) is 1.67. The first-order chi connectivity index (χ1) is 8.04. The molecule has 0 bridgehead atoms. The van der Waals surface area contributed by atoms with Crippen molar-refractivity contribution in [1.29, 1.82) is 0 Å². The molecular formula is C13H15FN2O. The third-order valence-corrected chi connectivity index (χ3v) is 2.25. The number of halogens is 1. The quantitative estimate of drug-likeness (QED) is 0.778. The average molecular weight is 234 g/mol. The van der Waals surface area contributed by atoms with Gasteiger partial charge in [0.2, 0.25) is 5.91 Å². The summed E-state index contributed by atoms with van der Waals surface area (Å²) in [7, 11) is 0. The second kappa shape index (κ2) is 5.90. The highest BCUT2D eigenvalue weighted by Crippen LogP contribution is 2.16. The summed E-state index contributed by atoms with van der Waals surface area (Å²) < 4.78 is 13.5. The molecule has 0 radical (unpaired) electrons. The lowest BCUT2D eigenvalue weighted by Crippen LogP contribution is -2.37. The van der Waals surface area contributed by atoms with Crippen LogP contribution < -0.4 is 10.6 Å². The predicted molar refractivity (Wildman–Crippen MR) is 66.1 cm³/mol. The largest absolute Gasteiger partial charge is 0.372 e. The van der Waals surface area contributed by atoms with E-state index >= 15 is 0 Å². The first-order valence-electron chi connectivity index (χ1n) is 5.28. The van der Waals surface area contributed by atoms with E-state index in [9.17, 15) is 9.18 Å². The van der Waals surface area contributed by atoms with E-state index in [1.165, 1.54) is 6.07 Å². The number of hydrogen-bond acceptors (Lipinski definition) is 2. The molecule has 0 saturated carbocycles. The molecule has 0 spiro atoms. The standard InChI is InChI=1S/C13H15FN2O/c1-4-7-15-13(17)10(3)16-12-6-5-9(2)8-11(12)14/h1,5-6,8,10,16H,7H2,2-3H3,(H,15,17). The van der Waals surface area contributed by atoms with E-state index in [4.69, 9.17) is 6.42 Å². The minimum Gasteiger partial charge on any atom is -0.372 e. The maximum Gasteiger partial charge on any atom is 0.242 e. The first-order valence-corrected chi connectivity index (χ1v) is 5.28. The Morgan fingerprint density at radius 2 is 2.29 bits per heavy atom. The Balaban J connectivity index is 2.65. The van der Waals surface area contributed by atoms with Crippen molar-refractivity contribution in [1.82, 2.24) is 5.32 Å². The fourth-order valence-corrected chi connectivity index (χ4v) is 1.33. The Morgan fingerprint density at radius 3 is 2.88 bits per heavy atom. The molecular weight excluding hydrogens is 219 g/mol. The van der Waals surface area contributed by atoms with Crippen molar-refractivity contribution in [2.75, 3.05) is 11.9 Å². The van der Waals surface area contributed by atoms with Crippen molar-refractivity contribution in [3.05, 3.63) is 29.6 Å². The topological polar surface area (TPSA) is 41.1 Å². The number of carbonyl (C=O) groups excluding carboxylic acids is 1. The molecule has 1 atom stereocenters. The van der Waals surface area contributed by atoms with Crippen LogP contribution in [0.4, 0.5) is 10.1 Å². The molecule has 4 heteroatoms. The summed E-state index contributed by atoms with van der Waals surface area (Å²) in [6.07, 6.45) is 5.03. The maximum absolute atomic E-state index is 13.5. The Hall–Kier alpha value is -2.02. The third-order valence-electron chi connectivity index (χ3n) is 2.25. The lowest BCUT2D eigenvalue weighted by Gasteiger charge is -2.15. The van der Waals surface area contributed by atoms with Gasteiger partial charge in [-0.2, -0.15) is 0 Å². The molecule has 1 aromatic rings. The van der Waals surface area contributed by atoms with Gasteiger partial charge in [0.1, 0.15) is 11.9 Å². The van der Waals surface area contributed by atoms with E-state index in [1.54, 1.807) is 26.0 Å². The van der Waals surface area contributed by atoms with Gasteiger partial charge in [0.05, 0.1) is 12.2 Å². The van der Waals surface area contributed by atoms with Crippen LogP contribution >= 0.6 is 0 Å². The Morgan fingerprint density at radius 1 is 1.59 bits per heavy atom. The van der Waals surface area contributed by atoms with E-state index in [1.807, 2.05) is 0 Å². The highest BCUT2D eigenvalue weighted by molar-refractivity contribution is 5.84. The van der Waals surface area contributed by atoms with Crippen molar-refractivity contribution in [3.63, 3.8) is 0 Å². The minimum absolute atomic E-state index is 0.168. The van der Waals surface area contributed by atoms with Gasteiger partial charge in [-0.1, -0.05) is 12.0 Å². The molecule has 3 nitrogen and oxygen atoms in total. The zero-order valence-electron chi connectivity index (χ0n) is 9.88. The molecule has 1 unspecified atom stereocenters. The molecule has 17 heavy (non-hydrogen) atoms. The summed E-state index contributed by atoms with van der Waals surface area (Å²) in [6, 6.07) is 4.25. The normalized spacial score (nSPS) is 11.4. The molecule has 90 valence electrons. The van der Waals surface area contributed by atoms with Crippen molar-refractivity contribution < 1.29 is 9.18 Å². The fourth-order valence-electron chi connectivity index (χ4n) is 1.33. The third kappa shape index (κ3) is 3.80. The Bertz CT molecular complexity index is 451. The summed E-state index contributed by atoms with van der Waals surface area (Å²) in [6.45, 7) is 3.61. The van der Waals surface area contributed by atoms with Gasteiger partial charge in [0, 0.05) is 0 Å². The molecule has 0 heterocycles. The van der Waals surface area contributed by atoms with Crippen molar-refractivity contribution in [2.45, 2.75) is 19.9 Å². The highest BCUT2D eigenvalue weighted by atomic mass is 19.1. The van der Waals surface area contributed by atoms with Gasteiger partial charge in [-0.25, -0.2) is 4.39 Å². The van der Waals surface area contributed by atoms with Crippen LogP contribution in [0.3, 0.4) is 0 Å². The van der Waals surface area contributed by atoms with Gasteiger partial charge in [0.15, 0.2) is 0 Å². The number of carbonyl (C=O) groups is 1. The molecule has 0 aliphatic rings. The number of anilines is 1. The molecule has 2 N–H and O–H groups in total. The van der Waals surface area contributed by atoms with E-state index in [-0.39, 0.29) is 18.3 Å². The van der Waals surface area contributed by atoms with Gasteiger partial charge >= 0.3 is 0 Å². The SMILES string of the molecule is C#CCNC(=O)C(C)Nc1ccc(C)cc1F. The smallest absolute Gasteiger partial charge is 0.242 e. The Kier molecular flexibility index (Phi) is 4.53. The lowest BCUT2D eigenvalue weighted by atomic mass is 10.2. The zero-order chi connectivity index (χ0) is 12.8. The zero-order valence-corrected chi connectivity index (χ0v) is 9.88. The van der Waals surface area contributed by atoms with Gasteiger partial charge in [-0.3, -0.25) is 4.79 Å². The Labute approximate surface area is 100 Å². The second-order valence-electron chi connectivity index (χ2n) is 3.77. The highest BCUT2D eigenvalue weighted by Gasteiger charge is 2.13. The van der Waals surface area contributed by atoms with E-state index in [0.717, 1.165) is 5.56 Å². The van der Waals surface area contributed by atoms with Crippen LogP contribution in [0.1, 0.15) is 12.5 Å². The number of terminal acetylenes is 1. The van der Waals surface area contributed by atoms with Gasteiger partial charge < -0.3 is 10.6 Å². The molecule has 0 aromatic heterocycles. The van der Waals surface area contributed by atoms with Gasteiger partial charge in [-0.15, -0.1) is 6.42 Å². The second-order valence-corrected chi connectivity index (χ2v) is 3.77. The number of aryl methyl sites for hydroxylation is 1. The number of rotatable bonds is 4. The number of amides is 1. The van der Waals surface area contributed by atoms with Gasteiger partial charge in [0.25, 0.3) is 0 Å². The maximum atomic E-state index is 13.5. The van der Waals surface area contributed by atoms with E-state index in [0.29, 0.717) is 5.69 Å². The van der Waals surface area contributed by atoms with Crippen molar-refractivity contribution >= 4 is 11.6 Å². The van der Waals surface area contributed by atoms with E-state index in [2.05, 4.69) is 16.6 Å². The molecule has 1 rings (SSSR count). The average Bonchev–Trinajstić information content (AvgIpc) is 2.29. The monoisotopic (exact) mass is 234 g/mol. The summed E-state index contributed by atoms with van der Waals surface area (Å²) in [4.78, 5) is 11.5. The molecule has 1 amide bonds.